The van der Waals surface area contributed by atoms with Gasteiger partial charge in [0.05, 0.1) is 11.8 Å². The molecule has 1 aliphatic heterocycles. The Kier molecular flexibility index (Phi) is 3.83. The number of hydrogen-bond donors (Lipinski definition) is 1. The molecule has 0 spiro atoms. The lowest BCUT2D eigenvalue weighted by Gasteiger charge is -2.23. The molecule has 1 fully saturated rings. The number of hydrogen-bond acceptors (Lipinski definition) is 4. The summed E-state index contributed by atoms with van der Waals surface area (Å²) in [5, 5.41) is 9.89. The molecule has 1 heterocycles. The van der Waals surface area contributed by atoms with Crippen molar-refractivity contribution in [2.75, 3.05) is 6.61 Å². The lowest BCUT2D eigenvalue weighted by atomic mass is 9.96. The molecule has 1 aliphatic carbocycles. The first kappa shape index (κ1) is 13.3. The zero-order chi connectivity index (χ0) is 13.9. The van der Waals surface area contributed by atoms with Crippen LogP contribution in [0, 0.1) is 5.92 Å². The van der Waals surface area contributed by atoms with Crippen LogP contribution in [0.4, 0.5) is 0 Å². The number of benzene rings is 1. The fourth-order valence-corrected chi connectivity index (χ4v) is 3.03. The smallest absolute Gasteiger partial charge is 0.331 e. The van der Waals surface area contributed by atoms with Crippen LogP contribution in [0.25, 0.3) is 0 Å². The minimum atomic E-state index is -0.461. The van der Waals surface area contributed by atoms with Gasteiger partial charge in [0.2, 0.25) is 0 Å². The average Bonchev–Trinajstić information content (AvgIpc) is 2.88. The first-order valence-electron chi connectivity index (χ1n) is 7.21. The van der Waals surface area contributed by atoms with Gasteiger partial charge in [-0.25, -0.2) is 4.79 Å². The normalized spacial score (nSPS) is 29.9. The van der Waals surface area contributed by atoms with E-state index in [1.54, 1.807) is 0 Å². The maximum Gasteiger partial charge on any atom is 0.331 e. The minimum Gasteiger partial charge on any atom is -0.458 e. The minimum absolute atomic E-state index is 0.173. The molecule has 0 radical (unpaired) electrons. The quantitative estimate of drug-likeness (QED) is 0.856. The van der Waals surface area contributed by atoms with Crippen molar-refractivity contribution in [3.8, 4) is 0 Å². The summed E-state index contributed by atoms with van der Waals surface area (Å²) in [6.45, 7) is 0.243. The zero-order valence-corrected chi connectivity index (χ0v) is 11.4. The number of carbonyl (C=O) groups is 1. The molecule has 4 heteroatoms. The number of nitrogens with zero attached hydrogens (tertiary/aromatic N) is 1. The molecule has 3 atom stereocenters. The predicted octanol–water partition coefficient (Wildman–Crippen LogP) is 1.95. The van der Waals surface area contributed by atoms with E-state index in [4.69, 9.17) is 4.74 Å². The first-order chi connectivity index (χ1) is 9.74. The monoisotopic (exact) mass is 273 g/mol. The summed E-state index contributed by atoms with van der Waals surface area (Å²) in [7, 11) is 0. The third kappa shape index (κ3) is 2.75. The highest BCUT2D eigenvalue weighted by Crippen LogP contribution is 2.31. The lowest BCUT2D eigenvalue weighted by Crippen LogP contribution is -2.34. The van der Waals surface area contributed by atoms with Gasteiger partial charge in [-0.15, -0.1) is 0 Å². The fraction of sp³-hybridized carbons (Fsp3) is 0.500. The van der Waals surface area contributed by atoms with E-state index in [9.17, 15) is 9.90 Å². The number of aliphatic hydroxyl groups excluding tert-OH is 1. The number of carbonyl (C=O) groups excluding carboxylic acids is 1. The largest absolute Gasteiger partial charge is 0.458 e. The summed E-state index contributed by atoms with van der Waals surface area (Å²) in [6.07, 6.45) is 3.14. The van der Waals surface area contributed by atoms with Crippen molar-refractivity contribution in [2.45, 2.75) is 37.8 Å². The van der Waals surface area contributed by atoms with Crippen molar-refractivity contribution in [2.24, 2.45) is 10.9 Å². The van der Waals surface area contributed by atoms with Gasteiger partial charge in [0.1, 0.15) is 12.6 Å². The van der Waals surface area contributed by atoms with Gasteiger partial charge in [-0.1, -0.05) is 36.8 Å². The van der Waals surface area contributed by atoms with Gasteiger partial charge in [-0.05, 0) is 30.7 Å². The summed E-state index contributed by atoms with van der Waals surface area (Å²) in [6, 6.07) is 9.33. The van der Waals surface area contributed by atoms with Crippen LogP contribution in [-0.4, -0.2) is 35.5 Å². The number of aliphatic imine (C=N–C) groups is 1. The third-order valence-electron chi connectivity index (χ3n) is 4.19. The SMILES string of the molecule is O=C1OCC(c2ccccc2)=N[C@H]1C[C@H]1CCC[C@H]1O. The van der Waals surface area contributed by atoms with E-state index < -0.39 is 6.04 Å². The molecule has 20 heavy (non-hydrogen) atoms. The van der Waals surface area contributed by atoms with Crippen LogP contribution in [0.5, 0.6) is 0 Å². The maximum atomic E-state index is 11.9. The second-order valence-corrected chi connectivity index (χ2v) is 5.56. The molecule has 1 N–H and O–H groups in total. The molecular formula is C16H19NO3. The highest BCUT2D eigenvalue weighted by atomic mass is 16.5. The molecule has 0 amide bonds. The highest BCUT2D eigenvalue weighted by molar-refractivity contribution is 6.05. The summed E-state index contributed by atoms with van der Waals surface area (Å²) in [4.78, 5) is 16.4. The van der Waals surface area contributed by atoms with Crippen molar-refractivity contribution >= 4 is 11.7 Å². The molecule has 0 unspecified atom stereocenters. The lowest BCUT2D eigenvalue weighted by molar-refractivity contribution is -0.144. The molecule has 4 nitrogen and oxygen atoms in total. The average molecular weight is 273 g/mol. The number of esters is 1. The second-order valence-electron chi connectivity index (χ2n) is 5.56. The Bertz CT molecular complexity index is 512. The summed E-state index contributed by atoms with van der Waals surface area (Å²) in [5.41, 5.74) is 1.82. The van der Waals surface area contributed by atoms with Crippen molar-refractivity contribution < 1.29 is 14.6 Å². The van der Waals surface area contributed by atoms with Crippen molar-refractivity contribution in [1.82, 2.24) is 0 Å². The Balaban J connectivity index is 1.77. The zero-order valence-electron chi connectivity index (χ0n) is 11.4. The molecule has 0 saturated heterocycles. The van der Waals surface area contributed by atoms with Gasteiger partial charge in [0.15, 0.2) is 0 Å². The Morgan fingerprint density at radius 2 is 2.05 bits per heavy atom. The second kappa shape index (κ2) is 5.75. The standard InChI is InChI=1S/C16H19NO3/c18-15-8-4-7-12(15)9-13-16(19)20-10-14(17-13)11-5-2-1-3-6-11/h1-3,5-6,12-13,15,18H,4,7-10H2/t12-,13+,15-/m1/s1. The molecule has 1 saturated carbocycles. The van der Waals surface area contributed by atoms with E-state index in [2.05, 4.69) is 4.99 Å². The third-order valence-corrected chi connectivity index (χ3v) is 4.19. The molecule has 3 rings (SSSR count). The van der Waals surface area contributed by atoms with E-state index in [0.29, 0.717) is 6.42 Å². The summed E-state index contributed by atoms with van der Waals surface area (Å²) >= 11 is 0. The topological polar surface area (TPSA) is 58.9 Å². The van der Waals surface area contributed by atoms with Crippen LogP contribution in [0.3, 0.4) is 0 Å². The summed E-state index contributed by atoms with van der Waals surface area (Å²) < 4.78 is 5.25. The molecule has 1 aromatic carbocycles. The van der Waals surface area contributed by atoms with E-state index in [1.807, 2.05) is 30.3 Å². The van der Waals surface area contributed by atoms with Crippen LogP contribution >= 0.6 is 0 Å². The molecule has 106 valence electrons. The van der Waals surface area contributed by atoms with Gasteiger partial charge < -0.3 is 9.84 Å². The Morgan fingerprint density at radius 3 is 2.75 bits per heavy atom. The van der Waals surface area contributed by atoms with Crippen LogP contribution in [0.1, 0.15) is 31.2 Å². The van der Waals surface area contributed by atoms with Crippen LogP contribution in [-0.2, 0) is 9.53 Å². The van der Waals surface area contributed by atoms with Gasteiger partial charge in [-0.2, -0.15) is 0 Å². The van der Waals surface area contributed by atoms with Gasteiger partial charge >= 0.3 is 5.97 Å². The van der Waals surface area contributed by atoms with Gasteiger partial charge in [0.25, 0.3) is 0 Å². The van der Waals surface area contributed by atoms with Crippen LogP contribution < -0.4 is 0 Å². The first-order valence-corrected chi connectivity index (χ1v) is 7.21. The van der Waals surface area contributed by atoms with E-state index in [0.717, 1.165) is 30.5 Å². The summed E-state index contributed by atoms with van der Waals surface area (Å²) in [5.74, 6) is -0.0878. The molecule has 2 aliphatic rings. The van der Waals surface area contributed by atoms with E-state index in [1.165, 1.54) is 0 Å². The Morgan fingerprint density at radius 1 is 1.25 bits per heavy atom. The fourth-order valence-electron chi connectivity index (χ4n) is 3.03. The highest BCUT2D eigenvalue weighted by Gasteiger charge is 2.33. The molecule has 0 bridgehead atoms. The Labute approximate surface area is 118 Å². The van der Waals surface area contributed by atoms with Crippen LogP contribution in [0.15, 0.2) is 35.3 Å². The van der Waals surface area contributed by atoms with Crippen molar-refractivity contribution in [1.29, 1.82) is 0 Å². The molecule has 0 aromatic heterocycles. The molecular weight excluding hydrogens is 254 g/mol. The van der Waals surface area contributed by atoms with Gasteiger partial charge in [0, 0.05) is 0 Å². The Hall–Kier alpha value is -1.68. The van der Waals surface area contributed by atoms with Gasteiger partial charge in [-0.3, -0.25) is 4.99 Å². The van der Waals surface area contributed by atoms with E-state index in [-0.39, 0.29) is 24.6 Å². The number of cyclic esters (lactones) is 1. The van der Waals surface area contributed by atoms with E-state index >= 15 is 0 Å². The molecule has 1 aromatic rings. The predicted molar refractivity (Wildman–Crippen MR) is 75.7 cm³/mol. The number of aliphatic hydroxyl groups is 1. The van der Waals surface area contributed by atoms with Crippen molar-refractivity contribution in [3.63, 3.8) is 0 Å². The van der Waals surface area contributed by atoms with Crippen LogP contribution in [0.2, 0.25) is 0 Å². The maximum absolute atomic E-state index is 11.9. The van der Waals surface area contributed by atoms with Crippen molar-refractivity contribution in [3.05, 3.63) is 35.9 Å². The number of rotatable bonds is 3. The number of ether oxygens (including phenoxy) is 1.